The summed E-state index contributed by atoms with van der Waals surface area (Å²) in [5, 5.41) is 0. The summed E-state index contributed by atoms with van der Waals surface area (Å²) < 4.78 is 197. The van der Waals surface area contributed by atoms with Crippen molar-refractivity contribution in [1.82, 2.24) is 0 Å². The number of fused-ring (bicyclic) bond motifs is 3. The number of benzene rings is 3. The number of alkyl halides is 2. The van der Waals surface area contributed by atoms with Crippen LogP contribution in [-0.4, -0.2) is 7.28 Å². The Labute approximate surface area is 178 Å². The van der Waals surface area contributed by atoms with E-state index in [0.717, 1.165) is 0 Å². The van der Waals surface area contributed by atoms with Gasteiger partial charge in [-0.3, -0.25) is 0 Å². The molecule has 0 bridgehead atoms. The Morgan fingerprint density at radius 3 is 1.18 bits per heavy atom. The van der Waals surface area contributed by atoms with E-state index in [1.807, 2.05) is 0 Å². The van der Waals surface area contributed by atoms with Gasteiger partial charge in [0.05, 0.1) is 5.56 Å². The predicted octanol–water partition coefficient (Wildman–Crippen LogP) is 5.13. The maximum absolute atomic E-state index is 15.0. The topological polar surface area (TPSA) is 0 Å². The summed E-state index contributed by atoms with van der Waals surface area (Å²) in [6.07, 6.45) is 0. The molecule has 0 amide bonds. The molecule has 0 heterocycles. The van der Waals surface area contributed by atoms with E-state index in [1.54, 1.807) is 0 Å². The summed E-state index contributed by atoms with van der Waals surface area (Å²) in [5.74, 6) is -37.7. The molecule has 0 spiro atoms. The van der Waals surface area contributed by atoms with Crippen LogP contribution in [0.5, 0.6) is 0 Å². The van der Waals surface area contributed by atoms with Crippen molar-refractivity contribution in [3.05, 3.63) is 80.9 Å². The summed E-state index contributed by atoms with van der Waals surface area (Å²) in [6.45, 7) is 0. The van der Waals surface area contributed by atoms with Gasteiger partial charge >= 0.3 is 5.92 Å². The number of rotatable bonds is 2. The second-order valence-corrected chi connectivity index (χ2v) is 6.81. The highest BCUT2D eigenvalue weighted by Gasteiger charge is 2.54. The number of hydrogen-bond donors (Lipinski definition) is 0. The zero-order valence-corrected chi connectivity index (χ0v) is 15.4. The normalized spacial score (nSPS) is 13.8. The average Bonchev–Trinajstić information content (AvgIpc) is 3.04. The van der Waals surface area contributed by atoms with Crippen molar-refractivity contribution >= 4 is 18.2 Å². The van der Waals surface area contributed by atoms with E-state index < -0.39 is 116 Å². The van der Waals surface area contributed by atoms with Gasteiger partial charge in [0, 0.05) is 16.7 Å². The van der Waals surface area contributed by atoms with Crippen LogP contribution in [0.3, 0.4) is 0 Å². The minimum Gasteiger partial charge on any atom is -0.204 e. The first kappa shape index (κ1) is 23.9. The summed E-state index contributed by atoms with van der Waals surface area (Å²) >= 11 is 0. The SMILES string of the molecule is Fc1c(F)c(F)c([B]c2c(F)c(F)c(F)c3c2C(F)(F)c2c(F)c(F)c(F)c(F)c2-3)c(F)c1F. The zero-order chi connectivity index (χ0) is 25.6. The van der Waals surface area contributed by atoms with E-state index in [9.17, 15) is 61.5 Å². The fourth-order valence-electron chi connectivity index (χ4n) is 3.55. The van der Waals surface area contributed by atoms with Crippen molar-refractivity contribution in [2.45, 2.75) is 5.92 Å². The van der Waals surface area contributed by atoms with Crippen LogP contribution in [0.25, 0.3) is 11.1 Å². The van der Waals surface area contributed by atoms with Gasteiger partial charge < -0.3 is 0 Å². The van der Waals surface area contributed by atoms with E-state index in [1.165, 1.54) is 0 Å². The van der Waals surface area contributed by atoms with Crippen LogP contribution in [-0.2, 0) is 5.92 Å². The van der Waals surface area contributed by atoms with Crippen LogP contribution < -0.4 is 10.9 Å². The summed E-state index contributed by atoms with van der Waals surface area (Å²) in [7, 11) is -0.560. The quantitative estimate of drug-likeness (QED) is 0.196. The Kier molecular flexibility index (Phi) is 5.18. The Bertz CT molecular complexity index is 1400. The average molecular weight is 505 g/mol. The van der Waals surface area contributed by atoms with Gasteiger partial charge in [0.1, 0.15) is 0 Å². The lowest BCUT2D eigenvalue weighted by Crippen LogP contribution is -2.41. The molecule has 1 aliphatic rings. The van der Waals surface area contributed by atoms with Crippen molar-refractivity contribution in [2.75, 3.05) is 0 Å². The molecule has 15 heteroatoms. The first-order chi connectivity index (χ1) is 15.7. The first-order valence-corrected chi connectivity index (χ1v) is 8.47. The van der Waals surface area contributed by atoms with E-state index in [0.29, 0.717) is 0 Å². The molecule has 0 saturated heterocycles. The molecule has 177 valence electrons. The third kappa shape index (κ3) is 2.81. The molecule has 1 radical (unpaired) electrons. The molecule has 0 N–H and O–H groups in total. The first-order valence-electron chi connectivity index (χ1n) is 8.47. The van der Waals surface area contributed by atoms with Gasteiger partial charge in [0.15, 0.2) is 69.8 Å². The highest BCUT2D eigenvalue weighted by atomic mass is 19.3. The molecular formula is C19BF14. The third-order valence-corrected chi connectivity index (χ3v) is 5.04. The Balaban J connectivity index is 2.14. The van der Waals surface area contributed by atoms with Gasteiger partial charge in [-0.05, 0) is 10.9 Å². The maximum Gasteiger partial charge on any atom is 0.302 e. The highest BCUT2D eigenvalue weighted by Crippen LogP contribution is 2.54. The molecule has 3 aromatic rings. The van der Waals surface area contributed by atoms with E-state index in [4.69, 9.17) is 0 Å². The van der Waals surface area contributed by atoms with Gasteiger partial charge in [-0.25, -0.2) is 52.7 Å². The van der Waals surface area contributed by atoms with Crippen molar-refractivity contribution in [3.8, 4) is 11.1 Å². The van der Waals surface area contributed by atoms with Crippen molar-refractivity contribution in [3.63, 3.8) is 0 Å². The van der Waals surface area contributed by atoms with Crippen LogP contribution in [0.1, 0.15) is 11.1 Å². The van der Waals surface area contributed by atoms with Gasteiger partial charge in [0.25, 0.3) is 0 Å². The summed E-state index contributed by atoms with van der Waals surface area (Å²) in [5.41, 5.74) is -13.1. The minimum absolute atomic E-state index is 0.560. The molecule has 1 aliphatic carbocycles. The molecule has 4 rings (SSSR count). The fourth-order valence-corrected chi connectivity index (χ4v) is 3.55. The van der Waals surface area contributed by atoms with Gasteiger partial charge in [-0.1, -0.05) is 0 Å². The molecule has 0 unspecified atom stereocenters. The standard InChI is InChI=1S/C19BF14/c21-7-1-2-4(9(23)15(29)14(28)8(2)22)19(33,34)3(1)5(10(24)13(7)27)20-6-11(25)16(30)18(32)17(31)12(6)26. The maximum atomic E-state index is 15.0. The van der Waals surface area contributed by atoms with Crippen LogP contribution in [0, 0.1) is 69.8 Å². The third-order valence-electron chi connectivity index (χ3n) is 5.04. The molecule has 3 aromatic carbocycles. The summed E-state index contributed by atoms with van der Waals surface area (Å²) in [6, 6.07) is 0. The molecular weight excluding hydrogens is 505 g/mol. The summed E-state index contributed by atoms with van der Waals surface area (Å²) in [4.78, 5) is 0. The number of hydrogen-bond acceptors (Lipinski definition) is 0. The molecule has 0 fully saturated rings. The Morgan fingerprint density at radius 2 is 0.676 bits per heavy atom. The highest BCUT2D eigenvalue weighted by molar-refractivity contribution is 6.68. The predicted molar refractivity (Wildman–Crippen MR) is 85.8 cm³/mol. The smallest absolute Gasteiger partial charge is 0.204 e. The zero-order valence-electron chi connectivity index (χ0n) is 15.4. The monoisotopic (exact) mass is 505 g/mol. The van der Waals surface area contributed by atoms with E-state index >= 15 is 0 Å². The van der Waals surface area contributed by atoms with Crippen LogP contribution in [0.15, 0.2) is 0 Å². The molecule has 34 heavy (non-hydrogen) atoms. The van der Waals surface area contributed by atoms with E-state index in [2.05, 4.69) is 0 Å². The van der Waals surface area contributed by atoms with E-state index in [-0.39, 0.29) is 0 Å². The molecule has 0 saturated carbocycles. The van der Waals surface area contributed by atoms with Crippen molar-refractivity contribution in [1.29, 1.82) is 0 Å². The number of halogens is 14. The second kappa shape index (κ2) is 7.37. The molecule has 0 aromatic heterocycles. The minimum atomic E-state index is -5.21. The largest absolute Gasteiger partial charge is 0.302 e. The lowest BCUT2D eigenvalue weighted by Gasteiger charge is -2.18. The molecule has 0 atom stereocenters. The second-order valence-electron chi connectivity index (χ2n) is 6.81. The van der Waals surface area contributed by atoms with Gasteiger partial charge in [-0.2, -0.15) is 8.78 Å². The van der Waals surface area contributed by atoms with Gasteiger partial charge in [-0.15, -0.1) is 0 Å². The van der Waals surface area contributed by atoms with Crippen molar-refractivity contribution in [2.24, 2.45) is 0 Å². The Morgan fingerprint density at radius 1 is 0.353 bits per heavy atom. The van der Waals surface area contributed by atoms with Crippen LogP contribution >= 0.6 is 0 Å². The lowest BCUT2D eigenvalue weighted by molar-refractivity contribution is 0.0435. The molecule has 0 nitrogen and oxygen atoms in total. The van der Waals surface area contributed by atoms with Crippen LogP contribution in [0.4, 0.5) is 61.5 Å². The van der Waals surface area contributed by atoms with Crippen molar-refractivity contribution < 1.29 is 61.5 Å². The van der Waals surface area contributed by atoms with Crippen LogP contribution in [0.2, 0.25) is 0 Å². The van der Waals surface area contributed by atoms with Gasteiger partial charge in [0.2, 0.25) is 7.28 Å². The lowest BCUT2D eigenvalue weighted by atomic mass is 9.60. The molecule has 0 aliphatic heterocycles. The Hall–Kier alpha value is -3.26. The fraction of sp³-hybridized carbons (Fsp3) is 0.0526.